The van der Waals surface area contributed by atoms with Gasteiger partial charge in [-0.3, -0.25) is 9.59 Å². The number of benzene rings is 1. The number of nitrogens with two attached hydrogens (primary N) is 1. The van der Waals surface area contributed by atoms with Gasteiger partial charge in [0.05, 0.1) is 13.0 Å². The van der Waals surface area contributed by atoms with Crippen molar-refractivity contribution in [3.8, 4) is 0 Å². The van der Waals surface area contributed by atoms with E-state index in [4.69, 9.17) is 10.5 Å². The van der Waals surface area contributed by atoms with Gasteiger partial charge in [0.1, 0.15) is 12.4 Å². The number of aryl methyl sites for hydroxylation is 1. The van der Waals surface area contributed by atoms with E-state index in [0.717, 1.165) is 11.1 Å². The molecule has 4 heteroatoms. The lowest BCUT2D eigenvalue weighted by molar-refractivity contribution is -0.146. The molecule has 0 unspecified atom stereocenters. The second-order valence-corrected chi connectivity index (χ2v) is 3.89. The van der Waals surface area contributed by atoms with Gasteiger partial charge >= 0.3 is 5.97 Å². The molecular weight excluding hydrogens is 218 g/mol. The van der Waals surface area contributed by atoms with Gasteiger partial charge < -0.3 is 10.5 Å². The third kappa shape index (κ3) is 5.26. The third-order valence-electron chi connectivity index (χ3n) is 2.36. The fourth-order valence-corrected chi connectivity index (χ4v) is 1.26. The van der Waals surface area contributed by atoms with Crippen LogP contribution in [0.15, 0.2) is 24.3 Å². The molecule has 0 saturated heterocycles. The normalized spacial score (nSPS) is 10.0. The summed E-state index contributed by atoms with van der Waals surface area (Å²) in [5, 5.41) is 0. The van der Waals surface area contributed by atoms with Crippen molar-refractivity contribution in [3.63, 3.8) is 0 Å². The van der Waals surface area contributed by atoms with Crippen molar-refractivity contribution in [2.45, 2.75) is 26.4 Å². The van der Waals surface area contributed by atoms with Gasteiger partial charge in [-0.05, 0) is 12.5 Å². The number of rotatable bonds is 6. The molecule has 0 bridgehead atoms. The number of carbonyl (C=O) groups is 2. The molecule has 0 aliphatic carbocycles. The lowest BCUT2D eigenvalue weighted by Crippen LogP contribution is -2.15. The highest BCUT2D eigenvalue weighted by Gasteiger charge is 2.06. The molecule has 0 atom stereocenters. The molecular formula is C13H17NO3. The summed E-state index contributed by atoms with van der Waals surface area (Å²) >= 11 is 0. The van der Waals surface area contributed by atoms with Crippen LogP contribution in [0.25, 0.3) is 0 Å². The maximum Gasteiger partial charge on any atom is 0.306 e. The minimum Gasteiger partial charge on any atom is -0.461 e. The van der Waals surface area contributed by atoms with Crippen LogP contribution < -0.4 is 5.73 Å². The average molecular weight is 235 g/mol. The van der Waals surface area contributed by atoms with Gasteiger partial charge in [-0.25, -0.2) is 0 Å². The summed E-state index contributed by atoms with van der Waals surface area (Å²) in [6.07, 6.45) is 0.255. The van der Waals surface area contributed by atoms with Gasteiger partial charge in [0.25, 0.3) is 0 Å². The number of ether oxygens (including phenoxy) is 1. The van der Waals surface area contributed by atoms with E-state index in [1.807, 2.05) is 31.2 Å². The van der Waals surface area contributed by atoms with E-state index >= 15 is 0 Å². The molecule has 17 heavy (non-hydrogen) atoms. The van der Waals surface area contributed by atoms with Crippen molar-refractivity contribution >= 4 is 11.8 Å². The molecule has 1 aromatic carbocycles. The lowest BCUT2D eigenvalue weighted by Gasteiger charge is -2.04. The second-order valence-electron chi connectivity index (χ2n) is 3.89. The van der Waals surface area contributed by atoms with Crippen LogP contribution in [0.3, 0.4) is 0 Å². The third-order valence-corrected chi connectivity index (χ3v) is 2.36. The highest BCUT2D eigenvalue weighted by molar-refractivity contribution is 5.84. The molecule has 1 aromatic rings. The van der Waals surface area contributed by atoms with Crippen LogP contribution in [-0.4, -0.2) is 18.3 Å². The molecule has 92 valence electrons. The molecule has 4 nitrogen and oxygen atoms in total. The Morgan fingerprint density at radius 3 is 2.41 bits per heavy atom. The maximum atomic E-state index is 11.3. The van der Waals surface area contributed by atoms with Crippen LogP contribution in [0.1, 0.15) is 24.0 Å². The van der Waals surface area contributed by atoms with Gasteiger partial charge in [-0.15, -0.1) is 0 Å². The van der Waals surface area contributed by atoms with E-state index in [-0.39, 0.29) is 37.7 Å². The van der Waals surface area contributed by atoms with E-state index in [1.165, 1.54) is 0 Å². The first-order valence-corrected chi connectivity index (χ1v) is 5.54. The maximum absolute atomic E-state index is 11.3. The molecule has 0 aliphatic rings. The van der Waals surface area contributed by atoms with E-state index in [2.05, 4.69) is 0 Å². The topological polar surface area (TPSA) is 69.4 Å². The van der Waals surface area contributed by atoms with Crippen LogP contribution in [0, 0.1) is 6.92 Å². The highest BCUT2D eigenvalue weighted by atomic mass is 16.5. The largest absolute Gasteiger partial charge is 0.461 e. The number of esters is 1. The molecule has 1 rings (SSSR count). The Labute approximate surface area is 101 Å². The number of Topliss-reactive ketones (excluding diaryl/α,β-unsaturated/α-hetero) is 1. The second kappa shape index (κ2) is 6.81. The first kappa shape index (κ1) is 13.4. The molecule has 0 spiro atoms. The summed E-state index contributed by atoms with van der Waals surface area (Å²) in [5.41, 5.74) is 7.24. The summed E-state index contributed by atoms with van der Waals surface area (Å²) in [7, 11) is 0. The molecule has 0 saturated carbocycles. The van der Waals surface area contributed by atoms with E-state index in [0.29, 0.717) is 0 Å². The average Bonchev–Trinajstić information content (AvgIpc) is 2.35. The van der Waals surface area contributed by atoms with Gasteiger partial charge in [0, 0.05) is 6.42 Å². The molecule has 2 N–H and O–H groups in total. The smallest absolute Gasteiger partial charge is 0.306 e. The molecule has 0 fully saturated rings. The highest BCUT2D eigenvalue weighted by Crippen LogP contribution is 2.05. The van der Waals surface area contributed by atoms with E-state index < -0.39 is 0 Å². The van der Waals surface area contributed by atoms with E-state index in [1.54, 1.807) is 0 Å². The zero-order chi connectivity index (χ0) is 12.7. The lowest BCUT2D eigenvalue weighted by atomic mass is 10.2. The van der Waals surface area contributed by atoms with Crippen molar-refractivity contribution < 1.29 is 14.3 Å². The van der Waals surface area contributed by atoms with Gasteiger partial charge in [0.2, 0.25) is 0 Å². The summed E-state index contributed by atoms with van der Waals surface area (Å²) in [4.78, 5) is 22.2. The Kier molecular flexibility index (Phi) is 5.36. The summed E-state index contributed by atoms with van der Waals surface area (Å²) in [5.74, 6) is -0.496. The summed E-state index contributed by atoms with van der Waals surface area (Å²) < 4.78 is 5.03. The minimum atomic E-state index is -0.368. The van der Waals surface area contributed by atoms with Crippen molar-refractivity contribution in [3.05, 3.63) is 35.4 Å². The van der Waals surface area contributed by atoms with Crippen LogP contribution >= 0.6 is 0 Å². The molecule has 0 radical (unpaired) electrons. The first-order valence-electron chi connectivity index (χ1n) is 5.54. The Morgan fingerprint density at radius 1 is 1.18 bits per heavy atom. The quantitative estimate of drug-likeness (QED) is 0.755. The Hall–Kier alpha value is -1.68. The zero-order valence-electron chi connectivity index (χ0n) is 9.94. The van der Waals surface area contributed by atoms with Gasteiger partial charge in [0.15, 0.2) is 0 Å². The number of carbonyl (C=O) groups excluding carboxylic acids is 2. The van der Waals surface area contributed by atoms with Crippen LogP contribution in [0.2, 0.25) is 0 Å². The number of hydrogen-bond donors (Lipinski definition) is 1. The van der Waals surface area contributed by atoms with Crippen LogP contribution in [0.4, 0.5) is 0 Å². The summed E-state index contributed by atoms with van der Waals surface area (Å²) in [6, 6.07) is 7.74. The monoisotopic (exact) mass is 235 g/mol. The molecule has 0 heterocycles. The molecule has 0 amide bonds. The fourth-order valence-electron chi connectivity index (χ4n) is 1.26. The number of ketones is 1. The predicted octanol–water partition coefficient (Wildman–Crippen LogP) is 1.35. The van der Waals surface area contributed by atoms with Crippen LogP contribution in [0.5, 0.6) is 0 Å². The SMILES string of the molecule is Cc1ccc(COC(=O)CCC(=O)CN)cc1. The van der Waals surface area contributed by atoms with Crippen molar-refractivity contribution in [2.24, 2.45) is 5.73 Å². The predicted molar refractivity (Wildman–Crippen MR) is 64.3 cm³/mol. The minimum absolute atomic E-state index is 0.0226. The standard InChI is InChI=1S/C13H17NO3/c1-10-2-4-11(5-3-10)9-17-13(16)7-6-12(15)8-14/h2-5H,6-9,14H2,1H3. The van der Waals surface area contributed by atoms with Crippen molar-refractivity contribution in [1.29, 1.82) is 0 Å². The fraction of sp³-hybridized carbons (Fsp3) is 0.385. The van der Waals surface area contributed by atoms with Crippen molar-refractivity contribution in [2.75, 3.05) is 6.54 Å². The first-order chi connectivity index (χ1) is 8.11. The van der Waals surface area contributed by atoms with Crippen molar-refractivity contribution in [1.82, 2.24) is 0 Å². The molecule has 0 aliphatic heterocycles. The Balaban J connectivity index is 2.28. The van der Waals surface area contributed by atoms with Gasteiger partial charge in [-0.2, -0.15) is 0 Å². The van der Waals surface area contributed by atoms with Gasteiger partial charge in [-0.1, -0.05) is 29.8 Å². The Morgan fingerprint density at radius 2 is 1.82 bits per heavy atom. The Bertz CT molecular complexity index is 384. The zero-order valence-corrected chi connectivity index (χ0v) is 9.94. The summed E-state index contributed by atoms with van der Waals surface area (Å²) in [6.45, 7) is 2.22. The molecule has 0 aromatic heterocycles. The van der Waals surface area contributed by atoms with Crippen LogP contribution in [-0.2, 0) is 20.9 Å². The van der Waals surface area contributed by atoms with E-state index in [9.17, 15) is 9.59 Å². The number of hydrogen-bond acceptors (Lipinski definition) is 4.